The Balaban J connectivity index is 1.58. The Bertz CT molecular complexity index is 1350. The summed E-state index contributed by atoms with van der Waals surface area (Å²) in [6.07, 6.45) is 1.58. The summed E-state index contributed by atoms with van der Waals surface area (Å²) >= 11 is 6.01. The van der Waals surface area contributed by atoms with Crippen molar-refractivity contribution in [1.82, 2.24) is 15.0 Å². The Morgan fingerprint density at radius 3 is 2.09 bits per heavy atom. The topological polar surface area (TPSA) is 139 Å². The summed E-state index contributed by atoms with van der Waals surface area (Å²) in [5.41, 5.74) is 4.84. The molecule has 4 rings (SSSR count). The van der Waals surface area contributed by atoms with Gasteiger partial charge in [0.2, 0.25) is 17.8 Å². The lowest BCUT2D eigenvalue weighted by atomic mass is 10.2. The summed E-state index contributed by atoms with van der Waals surface area (Å²) in [7, 11) is 1.59. The fourth-order valence-corrected chi connectivity index (χ4v) is 3.09. The van der Waals surface area contributed by atoms with E-state index in [1.165, 1.54) is 12.1 Å². The van der Waals surface area contributed by atoms with Gasteiger partial charge in [0.25, 0.3) is 5.69 Å². The number of anilines is 5. The SMILES string of the molecule is COc1ccc(Nc2nc(N/N=C\c3cccc(Cl)c3)nc(Nc3ccc([N+](=O)[O-])cc3)n2)cc1. The average molecular weight is 491 g/mol. The summed E-state index contributed by atoms with van der Waals surface area (Å²) in [6.45, 7) is 0. The number of benzene rings is 3. The third-order valence-corrected chi connectivity index (χ3v) is 4.78. The molecule has 0 aliphatic rings. The Morgan fingerprint density at radius 2 is 1.51 bits per heavy atom. The highest BCUT2D eigenvalue weighted by atomic mass is 35.5. The van der Waals surface area contributed by atoms with E-state index in [0.29, 0.717) is 16.5 Å². The largest absolute Gasteiger partial charge is 0.497 e. The highest BCUT2D eigenvalue weighted by Gasteiger charge is 2.09. The van der Waals surface area contributed by atoms with Gasteiger partial charge in [-0.2, -0.15) is 20.1 Å². The first-order valence-electron chi connectivity index (χ1n) is 10.2. The van der Waals surface area contributed by atoms with Gasteiger partial charge in [-0.1, -0.05) is 23.7 Å². The maximum atomic E-state index is 10.9. The molecule has 4 aromatic rings. The Labute approximate surface area is 205 Å². The molecule has 0 spiro atoms. The number of ether oxygens (including phenoxy) is 1. The van der Waals surface area contributed by atoms with Gasteiger partial charge in [-0.15, -0.1) is 0 Å². The fraction of sp³-hybridized carbons (Fsp3) is 0.0435. The number of hydrazone groups is 1. The number of non-ortho nitro benzene ring substituents is 1. The zero-order chi connectivity index (χ0) is 24.6. The molecule has 11 nitrogen and oxygen atoms in total. The number of nitrogens with zero attached hydrogens (tertiary/aromatic N) is 5. The predicted octanol–water partition coefficient (Wildman–Crippen LogP) is 5.38. The maximum Gasteiger partial charge on any atom is 0.269 e. The van der Waals surface area contributed by atoms with Gasteiger partial charge in [-0.05, 0) is 54.1 Å². The van der Waals surface area contributed by atoms with Crippen molar-refractivity contribution in [2.45, 2.75) is 0 Å². The van der Waals surface area contributed by atoms with Crippen molar-refractivity contribution in [3.8, 4) is 5.75 Å². The summed E-state index contributed by atoms with van der Waals surface area (Å²) in [5, 5.41) is 21.8. The van der Waals surface area contributed by atoms with E-state index in [4.69, 9.17) is 16.3 Å². The molecule has 0 amide bonds. The van der Waals surface area contributed by atoms with Gasteiger partial charge in [-0.3, -0.25) is 10.1 Å². The van der Waals surface area contributed by atoms with Crippen LogP contribution >= 0.6 is 11.6 Å². The van der Waals surface area contributed by atoms with Crippen molar-refractivity contribution < 1.29 is 9.66 Å². The maximum absolute atomic E-state index is 10.9. The molecule has 0 saturated carbocycles. The third kappa shape index (κ3) is 6.62. The number of aromatic nitrogens is 3. The number of hydrogen-bond donors (Lipinski definition) is 3. The molecule has 1 aromatic heterocycles. The van der Waals surface area contributed by atoms with Crippen LogP contribution in [0.15, 0.2) is 77.9 Å². The van der Waals surface area contributed by atoms with E-state index in [9.17, 15) is 10.1 Å². The number of nitro benzene ring substituents is 1. The molecule has 35 heavy (non-hydrogen) atoms. The first kappa shape index (κ1) is 23.4. The van der Waals surface area contributed by atoms with E-state index in [0.717, 1.165) is 11.3 Å². The number of rotatable bonds is 9. The van der Waals surface area contributed by atoms with Crippen LogP contribution in [0.5, 0.6) is 5.75 Å². The van der Waals surface area contributed by atoms with Crippen molar-refractivity contribution in [2.24, 2.45) is 5.10 Å². The van der Waals surface area contributed by atoms with Crippen molar-refractivity contribution in [3.63, 3.8) is 0 Å². The van der Waals surface area contributed by atoms with Gasteiger partial charge in [0.1, 0.15) is 5.75 Å². The Morgan fingerprint density at radius 1 is 0.914 bits per heavy atom. The molecule has 3 aromatic carbocycles. The highest BCUT2D eigenvalue weighted by molar-refractivity contribution is 6.30. The van der Waals surface area contributed by atoms with E-state index in [2.05, 4.69) is 36.1 Å². The minimum Gasteiger partial charge on any atom is -0.497 e. The summed E-state index contributed by atoms with van der Waals surface area (Å²) in [5.74, 6) is 1.32. The van der Waals surface area contributed by atoms with Crippen LogP contribution in [0.4, 0.5) is 34.9 Å². The van der Waals surface area contributed by atoms with Gasteiger partial charge in [-0.25, -0.2) is 5.43 Å². The van der Waals surface area contributed by atoms with Crippen LogP contribution in [0.3, 0.4) is 0 Å². The number of methoxy groups -OCH3 is 1. The van der Waals surface area contributed by atoms with Crippen molar-refractivity contribution in [1.29, 1.82) is 0 Å². The van der Waals surface area contributed by atoms with Crippen molar-refractivity contribution in [3.05, 3.63) is 93.5 Å². The van der Waals surface area contributed by atoms with Gasteiger partial charge >= 0.3 is 0 Å². The van der Waals surface area contributed by atoms with Crippen LogP contribution in [-0.2, 0) is 0 Å². The van der Waals surface area contributed by atoms with Crippen LogP contribution in [0, 0.1) is 10.1 Å². The van der Waals surface area contributed by atoms with E-state index in [-0.39, 0.29) is 23.5 Å². The third-order valence-electron chi connectivity index (χ3n) is 4.54. The van der Waals surface area contributed by atoms with Crippen LogP contribution in [0.1, 0.15) is 5.56 Å². The van der Waals surface area contributed by atoms with Crippen LogP contribution < -0.4 is 20.8 Å². The molecular formula is C23H19ClN8O3. The molecular weight excluding hydrogens is 472 g/mol. The van der Waals surface area contributed by atoms with E-state index in [1.54, 1.807) is 49.7 Å². The first-order chi connectivity index (χ1) is 17.0. The molecule has 0 saturated heterocycles. The molecule has 0 atom stereocenters. The van der Waals surface area contributed by atoms with Gasteiger partial charge in [0.15, 0.2) is 0 Å². The number of nitro groups is 1. The number of halogens is 1. The monoisotopic (exact) mass is 490 g/mol. The molecule has 0 aliphatic carbocycles. The first-order valence-corrected chi connectivity index (χ1v) is 10.6. The van der Waals surface area contributed by atoms with Gasteiger partial charge in [0.05, 0.1) is 18.2 Å². The molecule has 0 radical (unpaired) electrons. The molecule has 0 aliphatic heterocycles. The Hall–Kier alpha value is -4.77. The summed E-state index contributed by atoms with van der Waals surface area (Å²) in [4.78, 5) is 23.5. The Kier molecular flexibility index (Phi) is 7.28. The minimum absolute atomic E-state index is 0.0224. The number of hydrogen-bond acceptors (Lipinski definition) is 10. The second-order valence-electron chi connectivity index (χ2n) is 7.01. The predicted molar refractivity (Wildman–Crippen MR) is 135 cm³/mol. The molecule has 0 bridgehead atoms. The van der Waals surface area contributed by atoms with Crippen LogP contribution in [0.2, 0.25) is 5.02 Å². The van der Waals surface area contributed by atoms with Gasteiger partial charge < -0.3 is 15.4 Å². The second-order valence-corrected chi connectivity index (χ2v) is 7.45. The molecule has 176 valence electrons. The second kappa shape index (κ2) is 10.9. The molecule has 0 unspecified atom stereocenters. The standard InChI is InChI=1S/C23H19ClN8O3/c1-35-20-11-7-18(8-12-20)27-22-28-21(26-17-5-9-19(10-6-17)32(33)34)29-23(30-22)31-25-14-15-3-2-4-16(24)13-15/h2-14H,1H3,(H3,26,27,28,29,30,31)/b25-14-. The van der Waals surface area contributed by atoms with Gasteiger partial charge in [0, 0.05) is 28.5 Å². The average Bonchev–Trinajstić information content (AvgIpc) is 2.85. The van der Waals surface area contributed by atoms with E-state index in [1.807, 2.05) is 24.3 Å². The quantitative estimate of drug-likeness (QED) is 0.160. The fourth-order valence-electron chi connectivity index (χ4n) is 2.89. The molecule has 1 heterocycles. The number of nitrogens with one attached hydrogen (secondary N) is 3. The van der Waals surface area contributed by atoms with E-state index < -0.39 is 4.92 Å². The smallest absolute Gasteiger partial charge is 0.269 e. The van der Waals surface area contributed by atoms with Crippen molar-refractivity contribution >= 4 is 52.7 Å². The normalized spacial score (nSPS) is 10.7. The van der Waals surface area contributed by atoms with Crippen molar-refractivity contribution in [2.75, 3.05) is 23.2 Å². The highest BCUT2D eigenvalue weighted by Crippen LogP contribution is 2.22. The van der Waals surface area contributed by atoms with E-state index >= 15 is 0 Å². The molecule has 0 fully saturated rings. The lowest BCUT2D eigenvalue weighted by Gasteiger charge is -2.10. The van der Waals surface area contributed by atoms with Crippen LogP contribution in [0.25, 0.3) is 0 Å². The lowest BCUT2D eigenvalue weighted by Crippen LogP contribution is -2.07. The van der Waals surface area contributed by atoms with Crippen LogP contribution in [-0.4, -0.2) is 33.2 Å². The zero-order valence-electron chi connectivity index (χ0n) is 18.3. The summed E-state index contributed by atoms with van der Waals surface area (Å²) < 4.78 is 5.18. The lowest BCUT2D eigenvalue weighted by molar-refractivity contribution is -0.384. The molecule has 12 heteroatoms. The minimum atomic E-state index is -0.469. The molecule has 3 N–H and O–H groups in total. The summed E-state index contributed by atoms with van der Waals surface area (Å²) in [6, 6.07) is 20.3. The zero-order valence-corrected chi connectivity index (χ0v) is 19.1.